The third-order valence-electron chi connectivity index (χ3n) is 3.08. The van der Waals surface area contributed by atoms with Crippen LogP contribution in [0.25, 0.3) is 0 Å². The van der Waals surface area contributed by atoms with Crippen molar-refractivity contribution in [2.75, 3.05) is 0 Å². The molecule has 186 valence electrons. The van der Waals surface area contributed by atoms with Gasteiger partial charge < -0.3 is 57.8 Å². The molecule has 4 atom stereocenters. The van der Waals surface area contributed by atoms with Crippen molar-refractivity contribution in [2.24, 2.45) is 0 Å². The molecule has 0 aromatic heterocycles. The third-order valence-corrected chi connectivity index (χ3v) is 9.67. The zero-order valence-electron chi connectivity index (χ0n) is 17.0. The molecular formula is C14H14O14P4Sn3. The van der Waals surface area contributed by atoms with Gasteiger partial charge in [-0.3, -0.25) is 9.13 Å². The van der Waals surface area contributed by atoms with E-state index in [4.69, 9.17) is 10.2 Å². The Morgan fingerprint density at radius 2 is 0.771 bits per heavy atom. The van der Waals surface area contributed by atoms with Crippen molar-refractivity contribution in [3.05, 3.63) is 60.7 Å². The normalized spacial score (nSPS) is 16.0. The molecule has 0 bridgehead atoms. The van der Waals surface area contributed by atoms with Crippen LogP contribution in [-0.4, -0.2) is 93.1 Å². The second-order valence-corrected chi connectivity index (χ2v) is 13.1. The van der Waals surface area contributed by atoms with Gasteiger partial charge in [0.05, 0.1) is 0 Å². The molecule has 0 saturated carbocycles. The summed E-state index contributed by atoms with van der Waals surface area (Å²) in [6.07, 6.45) is 0. The van der Waals surface area contributed by atoms with Gasteiger partial charge in [-0.25, -0.2) is 0 Å². The Kier molecular flexibility index (Phi) is 19.5. The van der Waals surface area contributed by atoms with Crippen LogP contribution >= 0.6 is 30.4 Å². The number of aliphatic hydroxyl groups excluding tert-OH is 2. The average molecular weight is 886 g/mol. The van der Waals surface area contributed by atoms with Crippen LogP contribution in [0.15, 0.2) is 60.7 Å². The topological polar surface area (TPSA) is 266 Å². The molecule has 0 aliphatic rings. The van der Waals surface area contributed by atoms with E-state index in [0.717, 1.165) is 0 Å². The van der Waals surface area contributed by atoms with E-state index >= 15 is 0 Å². The molecule has 2 N–H and O–H groups in total. The van der Waals surface area contributed by atoms with Crippen molar-refractivity contribution in [2.45, 2.75) is 11.2 Å². The summed E-state index contributed by atoms with van der Waals surface area (Å²) >= 11 is 0. The van der Waals surface area contributed by atoms with Gasteiger partial charge in [0.2, 0.25) is 15.2 Å². The van der Waals surface area contributed by atoms with Crippen LogP contribution in [0.3, 0.4) is 0 Å². The van der Waals surface area contributed by atoms with E-state index < -0.39 is 41.6 Å². The van der Waals surface area contributed by atoms with Gasteiger partial charge >= 0.3 is 71.7 Å². The monoisotopic (exact) mass is 890 g/mol. The average Bonchev–Trinajstić information content (AvgIpc) is 2.67. The second-order valence-electron chi connectivity index (χ2n) is 5.66. The smallest absolute Gasteiger partial charge is 0.809 e. The van der Waals surface area contributed by atoms with Gasteiger partial charge in [-0.15, -0.1) is 0 Å². The summed E-state index contributed by atoms with van der Waals surface area (Å²) in [5.74, 6) is -0.373. The summed E-state index contributed by atoms with van der Waals surface area (Å²) in [7, 11) is -21.7. The fourth-order valence-corrected chi connectivity index (χ4v) is 5.77. The fourth-order valence-electron chi connectivity index (χ4n) is 1.70. The van der Waals surface area contributed by atoms with Crippen LogP contribution in [0.5, 0.6) is 11.5 Å². The van der Waals surface area contributed by atoms with Gasteiger partial charge in [0, 0.05) is 0 Å². The van der Waals surface area contributed by atoms with Crippen LogP contribution in [0.1, 0.15) is 0 Å². The minimum Gasteiger partial charge on any atom is -0.809 e. The summed E-state index contributed by atoms with van der Waals surface area (Å²) in [5.41, 5.74) is -6.17. The molecular weight excluding hydrogens is 872 g/mol. The minimum absolute atomic E-state index is 0. The predicted molar refractivity (Wildman–Crippen MR) is 114 cm³/mol. The SMILES string of the molecule is O=P([O-])([O-])C(O)P(=O)([O-])Oc1ccccc1.O=P([O-])([O-])C(O)P(=O)([O-])Oc1ccccc1.[Sn+2].[Sn+2].[Sn+2]. The van der Waals surface area contributed by atoms with Gasteiger partial charge in [-0.05, 0) is 39.5 Å². The quantitative estimate of drug-likeness (QED) is 0.192. The summed E-state index contributed by atoms with van der Waals surface area (Å²) in [5, 5.41) is 17.6. The first-order valence-electron chi connectivity index (χ1n) is 7.97. The standard InChI is InChI=1S/2C7H10O7P2.3Sn/c2*8-7(15(9,10)11)16(12,13)14-6-4-2-1-3-5-6;;;/h2*1-5,7-8H,(H,12,13)(H2,9,10,11);;;/q;;3*+2/p-6. The fraction of sp³-hybridized carbons (Fsp3) is 0.143. The first kappa shape index (κ1) is 40.5. The molecule has 4 unspecified atom stereocenters. The molecule has 21 heteroatoms. The van der Waals surface area contributed by atoms with E-state index in [9.17, 15) is 47.6 Å². The maximum Gasteiger partial charge on any atom is 2.00 e. The van der Waals surface area contributed by atoms with Crippen molar-refractivity contribution >= 4 is 102 Å². The van der Waals surface area contributed by atoms with Crippen LogP contribution < -0.4 is 38.4 Å². The zero-order chi connectivity index (χ0) is 24.8. The van der Waals surface area contributed by atoms with E-state index in [2.05, 4.69) is 9.05 Å². The van der Waals surface area contributed by atoms with Crippen LogP contribution in [0.4, 0.5) is 0 Å². The second kappa shape index (κ2) is 16.9. The Balaban J connectivity index is -0.000000539. The third kappa shape index (κ3) is 14.7. The van der Waals surface area contributed by atoms with Crippen LogP contribution in [0.2, 0.25) is 0 Å². The zero-order valence-corrected chi connectivity index (χ0v) is 29.2. The van der Waals surface area contributed by atoms with Crippen molar-refractivity contribution in [3.63, 3.8) is 0 Å². The Morgan fingerprint density at radius 3 is 0.971 bits per heavy atom. The van der Waals surface area contributed by atoms with Gasteiger partial charge in [-0.1, -0.05) is 36.4 Å². The van der Waals surface area contributed by atoms with Crippen molar-refractivity contribution in [1.82, 2.24) is 0 Å². The van der Waals surface area contributed by atoms with Crippen molar-refractivity contribution in [1.29, 1.82) is 0 Å². The van der Waals surface area contributed by atoms with Gasteiger partial charge in [0.15, 0.2) is 11.2 Å². The molecule has 0 heterocycles. The molecule has 0 aliphatic carbocycles. The molecule has 0 fully saturated rings. The van der Waals surface area contributed by atoms with Crippen molar-refractivity contribution < 1.29 is 66.9 Å². The number of hydrogen-bond acceptors (Lipinski definition) is 14. The van der Waals surface area contributed by atoms with E-state index in [1.54, 1.807) is 12.1 Å². The minimum atomic E-state index is -5.66. The molecule has 6 radical (unpaired) electrons. The molecule has 0 saturated heterocycles. The number of aliphatic hydroxyl groups is 2. The summed E-state index contributed by atoms with van der Waals surface area (Å²) in [6.45, 7) is 0. The predicted octanol–water partition coefficient (Wildman–Crippen LogP) is -3.53. The number of hydrogen-bond donors (Lipinski definition) is 2. The first-order valence-corrected chi connectivity index (χ1v) is 14.4. The van der Waals surface area contributed by atoms with E-state index in [0.29, 0.717) is 0 Å². The molecule has 2 aromatic rings. The Hall–Kier alpha value is 1.04. The molecule has 35 heavy (non-hydrogen) atoms. The Bertz CT molecular complexity index is 979. The van der Waals surface area contributed by atoms with E-state index in [1.165, 1.54) is 48.5 Å². The molecule has 0 amide bonds. The molecule has 2 rings (SSSR count). The van der Waals surface area contributed by atoms with Crippen LogP contribution in [0, 0.1) is 0 Å². The summed E-state index contributed by atoms with van der Waals surface area (Å²) in [4.78, 5) is 63.6. The molecule has 14 nitrogen and oxygen atoms in total. The number of benzene rings is 2. The Morgan fingerprint density at radius 1 is 0.543 bits per heavy atom. The molecule has 2 aromatic carbocycles. The van der Waals surface area contributed by atoms with Gasteiger partial charge in [0.1, 0.15) is 11.5 Å². The Labute approximate surface area is 250 Å². The summed E-state index contributed by atoms with van der Waals surface area (Å²) in [6, 6.07) is 13.8. The van der Waals surface area contributed by atoms with E-state index in [1.807, 2.05) is 0 Å². The number of rotatable bonds is 8. The first-order chi connectivity index (χ1) is 14.5. The van der Waals surface area contributed by atoms with Gasteiger partial charge in [0.25, 0.3) is 0 Å². The van der Waals surface area contributed by atoms with Crippen molar-refractivity contribution in [3.8, 4) is 11.5 Å². The summed E-state index contributed by atoms with van der Waals surface area (Å²) < 4.78 is 51.5. The maximum atomic E-state index is 11.1. The number of para-hydroxylation sites is 2. The van der Waals surface area contributed by atoms with E-state index in [-0.39, 0.29) is 83.2 Å². The largest absolute Gasteiger partial charge is 2.00 e. The maximum absolute atomic E-state index is 11.1. The van der Waals surface area contributed by atoms with Crippen LogP contribution in [-0.2, 0) is 18.3 Å². The molecule has 0 aliphatic heterocycles. The molecule has 0 spiro atoms. The van der Waals surface area contributed by atoms with Gasteiger partial charge in [-0.2, -0.15) is 0 Å².